The van der Waals surface area contributed by atoms with Crippen LogP contribution in [0.5, 0.6) is 0 Å². The topological polar surface area (TPSA) is 38.0 Å². The minimum absolute atomic E-state index is 0.439. The lowest BCUT2D eigenvalue weighted by atomic mass is 9.85. The third-order valence-electron chi connectivity index (χ3n) is 4.02. The predicted octanol–water partition coefficient (Wildman–Crippen LogP) is 3.89. The fraction of sp³-hybridized carbons (Fsp3) is 0.625. The Morgan fingerprint density at radius 2 is 2.11 bits per heavy atom. The third-order valence-corrected chi connectivity index (χ3v) is 5.18. The van der Waals surface area contributed by atoms with Crippen molar-refractivity contribution in [1.82, 2.24) is 5.43 Å². The molecular formula is C16H26N2S. The first-order chi connectivity index (χ1) is 9.28. The second-order valence-corrected chi connectivity index (χ2v) is 6.82. The molecule has 0 spiro atoms. The number of thioether (sulfide) groups is 1. The first-order valence-electron chi connectivity index (χ1n) is 7.43. The van der Waals surface area contributed by atoms with Gasteiger partial charge in [0.25, 0.3) is 0 Å². The van der Waals surface area contributed by atoms with Crippen molar-refractivity contribution in [3.8, 4) is 0 Å². The largest absolute Gasteiger partial charge is 0.271 e. The highest BCUT2D eigenvalue weighted by Crippen LogP contribution is 2.29. The van der Waals surface area contributed by atoms with Crippen molar-refractivity contribution in [3.63, 3.8) is 0 Å². The normalized spacial score (nSPS) is 18.4. The molecular weight excluding hydrogens is 252 g/mol. The van der Waals surface area contributed by atoms with E-state index in [0.29, 0.717) is 6.04 Å². The number of hydrazine groups is 1. The number of hydrogen-bond donors (Lipinski definition) is 2. The summed E-state index contributed by atoms with van der Waals surface area (Å²) in [5, 5.41) is 0. The summed E-state index contributed by atoms with van der Waals surface area (Å²) in [7, 11) is 0. The predicted molar refractivity (Wildman–Crippen MR) is 84.2 cm³/mol. The molecule has 3 N–H and O–H groups in total. The lowest BCUT2D eigenvalue weighted by molar-refractivity contribution is 0.308. The van der Waals surface area contributed by atoms with Gasteiger partial charge in [0.15, 0.2) is 0 Å². The van der Waals surface area contributed by atoms with Gasteiger partial charge in [-0.1, -0.05) is 49.8 Å². The number of benzene rings is 1. The van der Waals surface area contributed by atoms with Crippen molar-refractivity contribution in [3.05, 3.63) is 29.8 Å². The molecule has 2 rings (SSSR count). The maximum atomic E-state index is 5.72. The van der Waals surface area contributed by atoms with E-state index in [0.717, 1.165) is 11.7 Å². The molecule has 0 saturated heterocycles. The molecule has 1 fully saturated rings. The Labute approximate surface area is 121 Å². The molecule has 0 bridgehead atoms. The van der Waals surface area contributed by atoms with E-state index in [1.54, 1.807) is 0 Å². The zero-order valence-corrected chi connectivity index (χ0v) is 12.7. The number of aryl methyl sites for hydroxylation is 1. The number of rotatable bonds is 6. The Bertz CT molecular complexity index is 375. The second-order valence-electron chi connectivity index (χ2n) is 5.73. The van der Waals surface area contributed by atoms with Crippen molar-refractivity contribution < 1.29 is 0 Å². The van der Waals surface area contributed by atoms with Crippen molar-refractivity contribution >= 4 is 11.8 Å². The highest BCUT2D eigenvalue weighted by molar-refractivity contribution is 7.99. The fourth-order valence-corrected chi connectivity index (χ4v) is 3.98. The minimum Gasteiger partial charge on any atom is -0.271 e. The molecule has 0 amide bonds. The quantitative estimate of drug-likeness (QED) is 0.471. The summed E-state index contributed by atoms with van der Waals surface area (Å²) in [5.74, 6) is 7.67. The molecule has 1 aliphatic rings. The molecule has 19 heavy (non-hydrogen) atoms. The average Bonchev–Trinajstić information content (AvgIpc) is 2.44. The van der Waals surface area contributed by atoms with E-state index in [2.05, 4.69) is 36.6 Å². The van der Waals surface area contributed by atoms with E-state index < -0.39 is 0 Å². The summed E-state index contributed by atoms with van der Waals surface area (Å²) < 4.78 is 0. The van der Waals surface area contributed by atoms with Gasteiger partial charge in [-0.25, -0.2) is 0 Å². The minimum atomic E-state index is 0.439. The summed E-state index contributed by atoms with van der Waals surface area (Å²) in [6.45, 7) is 2.14. The van der Waals surface area contributed by atoms with Crippen LogP contribution < -0.4 is 11.3 Å². The van der Waals surface area contributed by atoms with Crippen LogP contribution >= 0.6 is 11.8 Å². The van der Waals surface area contributed by atoms with Gasteiger partial charge in [-0.2, -0.15) is 0 Å². The SMILES string of the molecule is Cc1cccc(SCC(CC2CCCCC2)NN)c1. The zero-order valence-electron chi connectivity index (χ0n) is 11.9. The van der Waals surface area contributed by atoms with Gasteiger partial charge in [-0.3, -0.25) is 11.3 Å². The van der Waals surface area contributed by atoms with Gasteiger partial charge in [0.1, 0.15) is 0 Å². The summed E-state index contributed by atoms with van der Waals surface area (Å²) >= 11 is 1.91. The van der Waals surface area contributed by atoms with Gasteiger partial charge in [-0.15, -0.1) is 11.8 Å². The lowest BCUT2D eigenvalue weighted by Crippen LogP contribution is -2.38. The third kappa shape index (κ3) is 5.17. The molecule has 2 nitrogen and oxygen atoms in total. The molecule has 106 valence electrons. The number of nitrogens with two attached hydrogens (primary N) is 1. The van der Waals surface area contributed by atoms with Crippen molar-refractivity contribution in [2.75, 3.05) is 5.75 Å². The summed E-state index contributed by atoms with van der Waals surface area (Å²) in [4.78, 5) is 1.35. The Morgan fingerprint density at radius 3 is 2.79 bits per heavy atom. The number of hydrogen-bond acceptors (Lipinski definition) is 3. The van der Waals surface area contributed by atoms with Crippen LogP contribution in [0.25, 0.3) is 0 Å². The second kappa shape index (κ2) is 7.93. The molecule has 1 unspecified atom stereocenters. The highest BCUT2D eigenvalue weighted by Gasteiger charge is 2.18. The summed E-state index contributed by atoms with van der Waals surface area (Å²) in [6.07, 6.45) is 8.27. The standard InChI is InChI=1S/C16H26N2S/c1-13-6-5-9-16(10-13)19-12-15(18-17)11-14-7-3-2-4-8-14/h5-6,9-10,14-15,18H,2-4,7-8,11-12,17H2,1H3. The molecule has 3 heteroatoms. The van der Waals surface area contributed by atoms with E-state index in [1.807, 2.05) is 11.8 Å². The van der Waals surface area contributed by atoms with Crippen molar-refractivity contribution in [2.45, 2.75) is 56.4 Å². The first-order valence-corrected chi connectivity index (χ1v) is 8.42. The van der Waals surface area contributed by atoms with E-state index >= 15 is 0 Å². The van der Waals surface area contributed by atoms with E-state index in [-0.39, 0.29) is 0 Å². The number of nitrogens with one attached hydrogen (secondary N) is 1. The van der Waals surface area contributed by atoms with E-state index in [9.17, 15) is 0 Å². The maximum absolute atomic E-state index is 5.72. The zero-order chi connectivity index (χ0) is 13.5. The average molecular weight is 278 g/mol. The Kier molecular flexibility index (Phi) is 6.21. The first kappa shape index (κ1) is 14.9. The molecule has 1 aliphatic carbocycles. The van der Waals surface area contributed by atoms with Gasteiger partial charge >= 0.3 is 0 Å². The molecule has 1 aromatic rings. The van der Waals surface area contributed by atoms with Crippen LogP contribution in [0.15, 0.2) is 29.2 Å². The smallest absolute Gasteiger partial charge is 0.0307 e. The van der Waals surface area contributed by atoms with Crippen LogP contribution in [0.1, 0.15) is 44.1 Å². The van der Waals surface area contributed by atoms with Crippen LogP contribution in [-0.2, 0) is 0 Å². The van der Waals surface area contributed by atoms with Crippen molar-refractivity contribution in [2.24, 2.45) is 11.8 Å². The lowest BCUT2D eigenvalue weighted by Gasteiger charge is -2.26. The van der Waals surface area contributed by atoms with Crippen LogP contribution in [0.4, 0.5) is 0 Å². The Hall–Kier alpha value is -0.510. The highest BCUT2D eigenvalue weighted by atomic mass is 32.2. The van der Waals surface area contributed by atoms with E-state index in [4.69, 9.17) is 5.84 Å². The van der Waals surface area contributed by atoms with Crippen LogP contribution in [-0.4, -0.2) is 11.8 Å². The molecule has 1 saturated carbocycles. The van der Waals surface area contributed by atoms with E-state index in [1.165, 1.54) is 49.0 Å². The monoisotopic (exact) mass is 278 g/mol. The molecule has 0 heterocycles. The van der Waals surface area contributed by atoms with Crippen LogP contribution in [0, 0.1) is 12.8 Å². The van der Waals surface area contributed by atoms with Gasteiger partial charge in [0, 0.05) is 16.7 Å². The Morgan fingerprint density at radius 1 is 1.32 bits per heavy atom. The van der Waals surface area contributed by atoms with Crippen molar-refractivity contribution in [1.29, 1.82) is 0 Å². The van der Waals surface area contributed by atoms with Gasteiger partial charge in [-0.05, 0) is 31.4 Å². The molecule has 1 atom stereocenters. The maximum Gasteiger partial charge on any atom is 0.0307 e. The van der Waals surface area contributed by atoms with Crippen LogP contribution in [0.2, 0.25) is 0 Å². The summed E-state index contributed by atoms with van der Waals surface area (Å²) in [6, 6.07) is 9.15. The fourth-order valence-electron chi connectivity index (χ4n) is 2.91. The van der Waals surface area contributed by atoms with Gasteiger partial charge in [0.05, 0.1) is 0 Å². The molecule has 0 aliphatic heterocycles. The molecule has 0 radical (unpaired) electrons. The molecule has 1 aromatic carbocycles. The van der Waals surface area contributed by atoms with Gasteiger partial charge in [0.2, 0.25) is 0 Å². The Balaban J connectivity index is 1.78. The summed E-state index contributed by atoms with van der Waals surface area (Å²) in [5.41, 5.74) is 4.34. The van der Waals surface area contributed by atoms with Crippen LogP contribution in [0.3, 0.4) is 0 Å². The van der Waals surface area contributed by atoms with Gasteiger partial charge < -0.3 is 0 Å². The molecule has 0 aromatic heterocycles.